The number of nitrogens with two attached hydrogens (primary N) is 1. The summed E-state index contributed by atoms with van der Waals surface area (Å²) in [6, 6.07) is 4.74. The van der Waals surface area contributed by atoms with Crippen LogP contribution in [-0.4, -0.2) is 71.0 Å². The maximum atomic E-state index is 12.9. The average molecular weight is 433 g/mol. The van der Waals surface area contributed by atoms with Crippen LogP contribution in [0.25, 0.3) is 0 Å². The normalized spacial score (nSPS) is 19.6. The summed E-state index contributed by atoms with van der Waals surface area (Å²) in [7, 11) is 0. The molecule has 2 unspecified atom stereocenters. The summed E-state index contributed by atoms with van der Waals surface area (Å²) in [6.07, 6.45) is 2.22. The van der Waals surface area contributed by atoms with Gasteiger partial charge < -0.3 is 25.6 Å². The molecule has 0 radical (unpaired) electrons. The molecule has 1 aliphatic rings. The number of ketones is 1. The topological polar surface area (TPSA) is 163 Å². The van der Waals surface area contributed by atoms with E-state index in [1.807, 2.05) is 0 Å². The summed E-state index contributed by atoms with van der Waals surface area (Å²) in [6.45, 7) is 3.04. The molecule has 0 spiro atoms. The largest absolute Gasteiger partial charge is 0.480 e. The van der Waals surface area contributed by atoms with Gasteiger partial charge in [-0.15, -0.1) is 5.90 Å². The SMILES string of the molecule is CC(=O)[C@@H]1CC(NCC(=O)O)CCN1C(=O)C(C)NC(=O)c1ccc(C=NON)cc1. The van der Waals surface area contributed by atoms with Gasteiger partial charge in [0.2, 0.25) is 5.91 Å². The highest BCUT2D eigenvalue weighted by Gasteiger charge is 2.36. The van der Waals surface area contributed by atoms with Gasteiger partial charge in [-0.05, 0) is 44.4 Å². The number of rotatable bonds is 9. The zero-order valence-corrected chi connectivity index (χ0v) is 17.4. The number of oxime groups is 1. The molecule has 0 aromatic heterocycles. The highest BCUT2D eigenvalue weighted by molar-refractivity contribution is 5.98. The van der Waals surface area contributed by atoms with Gasteiger partial charge in [-0.2, -0.15) is 0 Å². The van der Waals surface area contributed by atoms with Crippen molar-refractivity contribution in [3.8, 4) is 0 Å². The van der Waals surface area contributed by atoms with Crippen molar-refractivity contribution in [2.75, 3.05) is 13.1 Å². The van der Waals surface area contributed by atoms with Gasteiger partial charge in [0.1, 0.15) is 6.04 Å². The lowest BCUT2D eigenvalue weighted by Gasteiger charge is -2.39. The lowest BCUT2D eigenvalue weighted by Crippen LogP contribution is -2.58. The van der Waals surface area contributed by atoms with Crippen molar-refractivity contribution in [1.82, 2.24) is 15.5 Å². The van der Waals surface area contributed by atoms with Crippen LogP contribution in [0, 0.1) is 0 Å². The predicted molar refractivity (Wildman–Crippen MR) is 111 cm³/mol. The third-order valence-electron chi connectivity index (χ3n) is 5.05. The number of nitrogens with one attached hydrogen (secondary N) is 2. The minimum absolute atomic E-state index is 0.175. The molecule has 0 aliphatic carbocycles. The predicted octanol–water partition coefficient (Wildman–Crippen LogP) is -0.348. The van der Waals surface area contributed by atoms with Crippen LogP contribution in [0.1, 0.15) is 42.6 Å². The second kappa shape index (κ2) is 11.2. The first kappa shape index (κ1) is 24.0. The number of hydrogen-bond donors (Lipinski definition) is 4. The van der Waals surface area contributed by atoms with Crippen LogP contribution in [0.2, 0.25) is 0 Å². The smallest absolute Gasteiger partial charge is 0.317 e. The number of nitrogens with zero attached hydrogens (tertiary/aromatic N) is 2. The number of carbonyl (C=O) groups excluding carboxylic acids is 3. The molecule has 5 N–H and O–H groups in total. The lowest BCUT2D eigenvalue weighted by atomic mass is 9.94. The lowest BCUT2D eigenvalue weighted by molar-refractivity contribution is -0.142. The van der Waals surface area contributed by atoms with E-state index in [4.69, 9.17) is 11.0 Å². The van der Waals surface area contributed by atoms with Crippen molar-refractivity contribution in [3.63, 3.8) is 0 Å². The standard InChI is InChI=1S/C20H27N5O6/c1-12(24-19(29)15-5-3-14(4-6-15)10-23-31-21)20(30)25-8-7-16(22-11-18(27)28)9-17(25)13(2)26/h3-6,10,12,16-17,22H,7-9,11,21H2,1-2H3,(H,24,29)(H,27,28)/t12?,16?,17-/m0/s1. The Morgan fingerprint density at radius 3 is 2.58 bits per heavy atom. The molecule has 11 heteroatoms. The first-order valence-electron chi connectivity index (χ1n) is 9.79. The highest BCUT2D eigenvalue weighted by Crippen LogP contribution is 2.20. The third-order valence-corrected chi connectivity index (χ3v) is 5.05. The maximum Gasteiger partial charge on any atom is 0.317 e. The van der Waals surface area contributed by atoms with Crippen LogP contribution in [0.4, 0.5) is 0 Å². The van der Waals surface area contributed by atoms with Crippen LogP contribution in [-0.2, 0) is 19.3 Å². The van der Waals surface area contributed by atoms with Gasteiger partial charge in [0, 0.05) is 18.2 Å². The Kier molecular flexibility index (Phi) is 8.64. The molecule has 0 saturated carbocycles. The van der Waals surface area contributed by atoms with E-state index < -0.39 is 24.0 Å². The van der Waals surface area contributed by atoms with E-state index in [1.165, 1.54) is 18.0 Å². The van der Waals surface area contributed by atoms with Crippen molar-refractivity contribution in [3.05, 3.63) is 35.4 Å². The van der Waals surface area contributed by atoms with Gasteiger partial charge in [-0.3, -0.25) is 19.2 Å². The van der Waals surface area contributed by atoms with Gasteiger partial charge in [0.15, 0.2) is 5.78 Å². The minimum Gasteiger partial charge on any atom is -0.480 e. The number of carboxylic acid groups (broad SMARTS) is 1. The summed E-state index contributed by atoms with van der Waals surface area (Å²) in [5, 5.41) is 17.8. The number of carbonyl (C=O) groups is 4. The molecule has 31 heavy (non-hydrogen) atoms. The molecule has 1 aromatic rings. The average Bonchev–Trinajstić information content (AvgIpc) is 2.75. The molecule has 1 fully saturated rings. The van der Waals surface area contributed by atoms with Crippen LogP contribution >= 0.6 is 0 Å². The molecule has 2 rings (SSSR count). The van der Waals surface area contributed by atoms with E-state index in [-0.39, 0.29) is 30.8 Å². The second-order valence-corrected chi connectivity index (χ2v) is 7.31. The number of hydrogen-bond acceptors (Lipinski definition) is 8. The van der Waals surface area contributed by atoms with E-state index >= 15 is 0 Å². The van der Waals surface area contributed by atoms with Crippen LogP contribution in [0.5, 0.6) is 0 Å². The Hall–Kier alpha value is -3.31. The number of likely N-dealkylation sites (tertiary alicyclic amines) is 1. The second-order valence-electron chi connectivity index (χ2n) is 7.31. The molecule has 0 bridgehead atoms. The summed E-state index contributed by atoms with van der Waals surface area (Å²) < 4.78 is 0. The van der Waals surface area contributed by atoms with E-state index in [0.29, 0.717) is 24.0 Å². The van der Waals surface area contributed by atoms with Gasteiger partial charge in [0.25, 0.3) is 5.91 Å². The van der Waals surface area contributed by atoms with Crippen molar-refractivity contribution in [2.45, 2.75) is 44.8 Å². The van der Waals surface area contributed by atoms with Crippen molar-refractivity contribution < 1.29 is 29.2 Å². The molecule has 2 amide bonds. The summed E-state index contributed by atoms with van der Waals surface area (Å²) in [4.78, 5) is 53.9. The molecule has 1 heterocycles. The number of piperidine rings is 1. The molecule has 1 aromatic carbocycles. The first-order valence-corrected chi connectivity index (χ1v) is 9.79. The quantitative estimate of drug-likeness (QED) is 0.303. The Bertz CT molecular complexity index is 841. The first-order chi connectivity index (χ1) is 14.7. The van der Waals surface area contributed by atoms with Crippen molar-refractivity contribution in [2.24, 2.45) is 11.1 Å². The Morgan fingerprint density at radius 2 is 2.00 bits per heavy atom. The molecule has 1 saturated heterocycles. The monoisotopic (exact) mass is 433 g/mol. The third kappa shape index (κ3) is 6.86. The molecule has 168 valence electrons. The number of amides is 2. The fourth-order valence-corrected chi connectivity index (χ4v) is 3.43. The van der Waals surface area contributed by atoms with E-state index in [0.717, 1.165) is 0 Å². The number of aliphatic carboxylic acids is 1. The number of Topliss-reactive ketones (excluding diaryl/α,β-unsaturated/α-hetero) is 1. The maximum absolute atomic E-state index is 12.9. The van der Waals surface area contributed by atoms with Crippen molar-refractivity contribution >= 4 is 29.8 Å². The highest BCUT2D eigenvalue weighted by atomic mass is 16.7. The van der Waals surface area contributed by atoms with Gasteiger partial charge in [-0.25, -0.2) is 0 Å². The molecular formula is C20H27N5O6. The van der Waals surface area contributed by atoms with Crippen molar-refractivity contribution in [1.29, 1.82) is 0 Å². The van der Waals surface area contributed by atoms with E-state index in [2.05, 4.69) is 20.7 Å². The van der Waals surface area contributed by atoms with Crippen LogP contribution < -0.4 is 16.5 Å². The zero-order valence-electron chi connectivity index (χ0n) is 17.4. The minimum atomic E-state index is -0.984. The summed E-state index contributed by atoms with van der Waals surface area (Å²) >= 11 is 0. The molecule has 3 atom stereocenters. The fourth-order valence-electron chi connectivity index (χ4n) is 3.43. The van der Waals surface area contributed by atoms with E-state index in [9.17, 15) is 19.2 Å². The Balaban J connectivity index is 1.99. The Morgan fingerprint density at radius 1 is 1.32 bits per heavy atom. The zero-order chi connectivity index (χ0) is 23.0. The van der Waals surface area contributed by atoms with Gasteiger partial charge in [0.05, 0.1) is 18.8 Å². The fraction of sp³-hybridized carbons (Fsp3) is 0.450. The summed E-state index contributed by atoms with van der Waals surface area (Å²) in [5.74, 6) is 2.84. The molecule has 11 nitrogen and oxygen atoms in total. The van der Waals surface area contributed by atoms with Crippen LogP contribution in [0.15, 0.2) is 29.4 Å². The van der Waals surface area contributed by atoms with Gasteiger partial charge >= 0.3 is 5.97 Å². The van der Waals surface area contributed by atoms with E-state index in [1.54, 1.807) is 31.2 Å². The molecular weight excluding hydrogens is 406 g/mol. The number of benzene rings is 1. The van der Waals surface area contributed by atoms with Crippen LogP contribution in [0.3, 0.4) is 0 Å². The molecule has 1 aliphatic heterocycles. The number of carboxylic acids is 1. The summed E-state index contributed by atoms with van der Waals surface area (Å²) in [5.41, 5.74) is 1.03. The Labute approximate surface area is 179 Å². The van der Waals surface area contributed by atoms with Gasteiger partial charge in [-0.1, -0.05) is 17.3 Å².